The Balaban J connectivity index is 0.927. The van der Waals surface area contributed by atoms with Crippen molar-refractivity contribution in [2.45, 2.75) is 6.92 Å². The van der Waals surface area contributed by atoms with E-state index in [2.05, 4.69) is 208 Å². The lowest BCUT2D eigenvalue weighted by Gasteiger charge is -2.11. The van der Waals surface area contributed by atoms with Gasteiger partial charge in [0.2, 0.25) is 0 Å². The molecular weight excluding hydrogens is 725 g/mol. The Bertz CT molecular complexity index is 3170. The summed E-state index contributed by atoms with van der Waals surface area (Å²) >= 11 is 3.69. The molecule has 0 amide bonds. The van der Waals surface area contributed by atoms with Gasteiger partial charge < -0.3 is 0 Å². The topological polar surface area (TPSA) is 0 Å². The monoisotopic (exact) mass is 762 g/mol. The van der Waals surface area contributed by atoms with Crippen LogP contribution in [0.1, 0.15) is 17.4 Å². The standard InChI is InChI=1S/C55H38S2/c1-3-12-52-48(4-2)50-27-25-46(34-54(50)56-52)44-21-10-19-42(32-44)40-17-8-15-38(30-40)36-13-7-14-37(29-36)39-16-9-18-41(31-39)43-20-11-22-45(33-43)47-26-28-51-49-23-5-6-24-53(49)57-55(51)35-47/h3-35H,2H2,1H3/b12-3-. The third-order valence-corrected chi connectivity index (χ3v) is 13.2. The molecule has 57 heavy (non-hydrogen) atoms. The fourth-order valence-corrected chi connectivity index (χ4v) is 10.5. The highest BCUT2D eigenvalue weighted by molar-refractivity contribution is 7.25. The van der Waals surface area contributed by atoms with Gasteiger partial charge in [-0.15, -0.1) is 22.7 Å². The van der Waals surface area contributed by atoms with Gasteiger partial charge in [-0.2, -0.15) is 0 Å². The summed E-state index contributed by atoms with van der Waals surface area (Å²) in [7, 11) is 0. The molecule has 0 nitrogen and oxygen atoms in total. The van der Waals surface area contributed by atoms with Gasteiger partial charge >= 0.3 is 0 Å². The van der Waals surface area contributed by atoms with Crippen LogP contribution in [0.25, 0.3) is 109 Å². The average molecular weight is 763 g/mol. The molecule has 0 aliphatic heterocycles. The van der Waals surface area contributed by atoms with Gasteiger partial charge in [-0.1, -0.05) is 152 Å². The van der Waals surface area contributed by atoms with E-state index >= 15 is 0 Å². The van der Waals surface area contributed by atoms with E-state index in [1.165, 1.54) is 107 Å². The Morgan fingerprint density at radius 3 is 1.14 bits per heavy atom. The molecule has 0 fully saturated rings. The van der Waals surface area contributed by atoms with E-state index in [9.17, 15) is 0 Å². The first-order valence-electron chi connectivity index (χ1n) is 19.4. The molecule has 0 unspecified atom stereocenters. The molecule has 8 aromatic carbocycles. The van der Waals surface area contributed by atoms with Crippen molar-refractivity contribution in [3.63, 3.8) is 0 Å². The predicted octanol–water partition coefficient (Wildman–Crippen LogP) is 16.9. The second-order valence-corrected chi connectivity index (χ2v) is 16.7. The van der Waals surface area contributed by atoms with Crippen molar-refractivity contribution >= 4 is 65.1 Å². The summed E-state index contributed by atoms with van der Waals surface area (Å²) < 4.78 is 3.94. The summed E-state index contributed by atoms with van der Waals surface area (Å²) in [5, 5.41) is 3.93. The highest BCUT2D eigenvalue weighted by atomic mass is 32.1. The fraction of sp³-hybridized carbons (Fsp3) is 0.0182. The Morgan fingerprint density at radius 2 is 0.719 bits per heavy atom. The lowest BCUT2D eigenvalue weighted by atomic mass is 9.93. The van der Waals surface area contributed by atoms with Gasteiger partial charge in [0.15, 0.2) is 0 Å². The van der Waals surface area contributed by atoms with Gasteiger partial charge in [0, 0.05) is 35.1 Å². The van der Waals surface area contributed by atoms with Gasteiger partial charge in [-0.05, 0) is 134 Å². The van der Waals surface area contributed by atoms with E-state index in [-0.39, 0.29) is 0 Å². The van der Waals surface area contributed by atoms with Crippen molar-refractivity contribution in [3.05, 3.63) is 205 Å². The summed E-state index contributed by atoms with van der Waals surface area (Å²) in [4.78, 5) is 1.25. The number of allylic oxidation sites excluding steroid dienone is 1. The summed E-state index contributed by atoms with van der Waals surface area (Å²) in [5.74, 6) is 0. The largest absolute Gasteiger partial charge is 0.135 e. The molecule has 270 valence electrons. The van der Waals surface area contributed by atoms with Crippen molar-refractivity contribution in [1.82, 2.24) is 0 Å². The number of thiophene rings is 2. The highest BCUT2D eigenvalue weighted by Crippen LogP contribution is 2.39. The Morgan fingerprint density at radius 1 is 0.351 bits per heavy atom. The van der Waals surface area contributed by atoms with Crippen LogP contribution in [0.15, 0.2) is 195 Å². The minimum absolute atomic E-state index is 1.20. The van der Waals surface area contributed by atoms with Crippen molar-refractivity contribution in [2.24, 2.45) is 0 Å². The van der Waals surface area contributed by atoms with Crippen LogP contribution in [0.5, 0.6) is 0 Å². The molecule has 0 N–H and O–H groups in total. The molecule has 2 aromatic heterocycles. The molecule has 0 bridgehead atoms. The maximum atomic E-state index is 4.08. The lowest BCUT2D eigenvalue weighted by molar-refractivity contribution is 1.56. The van der Waals surface area contributed by atoms with Gasteiger partial charge in [0.05, 0.1) is 0 Å². The predicted molar refractivity (Wildman–Crippen MR) is 252 cm³/mol. The second-order valence-electron chi connectivity index (χ2n) is 14.5. The van der Waals surface area contributed by atoms with E-state index in [0.717, 1.165) is 0 Å². The van der Waals surface area contributed by atoms with Crippen LogP contribution in [0, 0.1) is 0 Å². The number of fused-ring (bicyclic) bond motifs is 4. The van der Waals surface area contributed by atoms with Crippen molar-refractivity contribution < 1.29 is 0 Å². The van der Waals surface area contributed by atoms with E-state index in [0.29, 0.717) is 0 Å². The van der Waals surface area contributed by atoms with E-state index in [1.807, 2.05) is 28.7 Å². The summed E-state index contributed by atoms with van der Waals surface area (Å²) in [6.07, 6.45) is 6.25. The third-order valence-electron chi connectivity index (χ3n) is 11.0. The molecule has 0 spiro atoms. The first kappa shape index (κ1) is 34.9. The molecule has 2 heterocycles. The average Bonchev–Trinajstić information content (AvgIpc) is 3.83. The van der Waals surface area contributed by atoms with Crippen LogP contribution in [-0.2, 0) is 0 Å². The maximum Gasteiger partial charge on any atom is 0.0361 e. The third kappa shape index (κ3) is 6.63. The van der Waals surface area contributed by atoms with Crippen LogP contribution in [0.3, 0.4) is 0 Å². The molecular formula is C55H38S2. The van der Waals surface area contributed by atoms with Gasteiger partial charge in [0.1, 0.15) is 0 Å². The van der Waals surface area contributed by atoms with E-state index in [1.54, 1.807) is 0 Å². The second kappa shape index (κ2) is 14.8. The molecule has 10 rings (SSSR count). The lowest BCUT2D eigenvalue weighted by Crippen LogP contribution is -1.86. The first-order valence-corrected chi connectivity index (χ1v) is 21.0. The molecule has 2 heteroatoms. The van der Waals surface area contributed by atoms with Gasteiger partial charge in [-0.25, -0.2) is 0 Å². The van der Waals surface area contributed by atoms with Gasteiger partial charge in [0.25, 0.3) is 0 Å². The molecule has 0 saturated heterocycles. The molecule has 0 radical (unpaired) electrons. The molecule has 10 aromatic rings. The molecule has 0 aliphatic carbocycles. The Hall–Kier alpha value is -6.58. The quantitative estimate of drug-likeness (QED) is 0.145. The number of benzene rings is 8. The van der Waals surface area contributed by atoms with Gasteiger partial charge in [-0.3, -0.25) is 0 Å². The SMILES string of the molecule is C=Cc1c(/C=C\C)sc2cc(-c3cccc(-c4cccc(-c5cccc(-c6cccc(-c7cccc(-c8ccc9c(c8)sc8ccccc89)c7)c6)c5)c4)c3)ccc12. The highest BCUT2D eigenvalue weighted by Gasteiger charge is 2.12. The van der Waals surface area contributed by atoms with Crippen LogP contribution in [0.4, 0.5) is 0 Å². The van der Waals surface area contributed by atoms with Crippen LogP contribution in [0.2, 0.25) is 0 Å². The zero-order chi connectivity index (χ0) is 38.3. The van der Waals surface area contributed by atoms with Crippen LogP contribution in [-0.4, -0.2) is 0 Å². The normalized spacial score (nSPS) is 11.6. The number of rotatable bonds is 8. The van der Waals surface area contributed by atoms with E-state index < -0.39 is 0 Å². The van der Waals surface area contributed by atoms with Crippen molar-refractivity contribution in [1.29, 1.82) is 0 Å². The van der Waals surface area contributed by atoms with Crippen LogP contribution < -0.4 is 0 Å². The zero-order valence-electron chi connectivity index (χ0n) is 31.6. The Labute approximate surface area is 342 Å². The van der Waals surface area contributed by atoms with Crippen molar-refractivity contribution in [3.8, 4) is 66.8 Å². The summed E-state index contributed by atoms with van der Waals surface area (Å²) in [6.45, 7) is 6.14. The molecule has 0 aliphatic rings. The summed E-state index contributed by atoms with van der Waals surface area (Å²) in [6, 6.07) is 67.0. The van der Waals surface area contributed by atoms with Crippen LogP contribution >= 0.6 is 22.7 Å². The number of hydrogen-bond acceptors (Lipinski definition) is 2. The van der Waals surface area contributed by atoms with Crippen molar-refractivity contribution in [2.75, 3.05) is 0 Å². The maximum absolute atomic E-state index is 4.08. The zero-order valence-corrected chi connectivity index (χ0v) is 33.2. The minimum atomic E-state index is 1.20. The minimum Gasteiger partial charge on any atom is -0.135 e. The van der Waals surface area contributed by atoms with E-state index in [4.69, 9.17) is 0 Å². The number of hydrogen-bond donors (Lipinski definition) is 0. The smallest absolute Gasteiger partial charge is 0.0361 e. The fourth-order valence-electron chi connectivity index (χ4n) is 8.10. The first-order chi connectivity index (χ1) is 28.1. The molecule has 0 atom stereocenters. The molecule has 0 saturated carbocycles. The summed E-state index contributed by atoms with van der Waals surface area (Å²) in [5.41, 5.74) is 15.8. The Kier molecular flexibility index (Phi) is 9.07.